The summed E-state index contributed by atoms with van der Waals surface area (Å²) in [7, 11) is 1.50. The number of carbonyl (C=O) groups excluding carboxylic acids is 2. The first kappa shape index (κ1) is 28.1. The number of amides is 1. The third kappa shape index (κ3) is 5.47. The molecule has 1 aliphatic heterocycles. The lowest BCUT2D eigenvalue weighted by Gasteiger charge is -2.24. The van der Waals surface area contributed by atoms with Crippen LogP contribution in [-0.4, -0.2) is 42.1 Å². The molecule has 8 nitrogen and oxygen atoms in total. The lowest BCUT2D eigenvalue weighted by molar-refractivity contribution is -0.132. The minimum Gasteiger partial charge on any atom is -0.507 e. The summed E-state index contributed by atoms with van der Waals surface area (Å²) in [5.74, 6) is -1.10. The predicted molar refractivity (Wildman–Crippen MR) is 155 cm³/mol. The van der Waals surface area contributed by atoms with Crippen LogP contribution in [0.5, 0.6) is 17.2 Å². The van der Waals surface area contributed by atoms with E-state index in [1.54, 1.807) is 42.5 Å². The maximum absolute atomic E-state index is 13.9. The molecule has 0 aliphatic carbocycles. The number of aromatic nitrogens is 1. The van der Waals surface area contributed by atoms with Crippen molar-refractivity contribution in [3.05, 3.63) is 83.2 Å². The second kappa shape index (κ2) is 12.0. The van der Waals surface area contributed by atoms with Gasteiger partial charge in [-0.1, -0.05) is 42.9 Å². The third-order valence-corrected chi connectivity index (χ3v) is 7.68. The van der Waals surface area contributed by atoms with E-state index in [4.69, 9.17) is 14.2 Å². The zero-order chi connectivity index (χ0) is 29.1. The number of thiazole rings is 1. The van der Waals surface area contributed by atoms with E-state index in [1.165, 1.54) is 30.2 Å². The van der Waals surface area contributed by atoms with Gasteiger partial charge in [0.2, 0.25) is 0 Å². The van der Waals surface area contributed by atoms with Crippen molar-refractivity contribution in [3.8, 4) is 17.2 Å². The predicted octanol–water partition coefficient (Wildman–Crippen LogP) is 6.65. The van der Waals surface area contributed by atoms with E-state index in [1.807, 2.05) is 6.92 Å². The molecule has 1 fully saturated rings. The van der Waals surface area contributed by atoms with Crippen LogP contribution in [0, 0.1) is 5.82 Å². The van der Waals surface area contributed by atoms with Crippen molar-refractivity contribution >= 4 is 44.1 Å². The van der Waals surface area contributed by atoms with Gasteiger partial charge in [0, 0.05) is 5.56 Å². The van der Waals surface area contributed by atoms with E-state index in [0.29, 0.717) is 51.8 Å². The molecule has 10 heteroatoms. The first-order chi connectivity index (χ1) is 19.9. The van der Waals surface area contributed by atoms with E-state index < -0.39 is 23.5 Å². The quantitative estimate of drug-likeness (QED) is 0.0977. The number of unbranched alkanes of at least 4 members (excludes halogenated alkanes) is 1. The molecule has 1 N–H and O–H groups in total. The van der Waals surface area contributed by atoms with Gasteiger partial charge in [0.25, 0.3) is 5.78 Å². The first-order valence-electron chi connectivity index (χ1n) is 13.3. The molecule has 1 unspecified atom stereocenters. The molecule has 3 aromatic carbocycles. The Morgan fingerprint density at radius 1 is 1.05 bits per heavy atom. The van der Waals surface area contributed by atoms with Crippen molar-refractivity contribution < 1.29 is 33.3 Å². The van der Waals surface area contributed by atoms with Crippen LogP contribution < -0.4 is 19.1 Å². The molecule has 0 saturated carbocycles. The second-order valence-electron chi connectivity index (χ2n) is 9.35. The van der Waals surface area contributed by atoms with Gasteiger partial charge in [-0.25, -0.2) is 9.37 Å². The molecule has 41 heavy (non-hydrogen) atoms. The lowest BCUT2D eigenvalue weighted by Crippen LogP contribution is -2.29. The molecule has 1 aromatic heterocycles. The van der Waals surface area contributed by atoms with E-state index in [2.05, 4.69) is 11.9 Å². The van der Waals surface area contributed by atoms with Gasteiger partial charge in [0.05, 0.1) is 42.2 Å². The van der Waals surface area contributed by atoms with Crippen LogP contribution in [0.3, 0.4) is 0 Å². The number of benzene rings is 3. The molecule has 1 saturated heterocycles. The molecule has 1 aliphatic rings. The summed E-state index contributed by atoms with van der Waals surface area (Å²) in [6.45, 7) is 4.82. The number of aliphatic hydroxyl groups is 1. The van der Waals surface area contributed by atoms with Crippen LogP contribution in [-0.2, 0) is 9.59 Å². The highest BCUT2D eigenvalue weighted by Gasteiger charge is 2.48. The number of nitrogens with zero attached hydrogens (tertiary/aromatic N) is 2. The van der Waals surface area contributed by atoms with Gasteiger partial charge in [-0.05, 0) is 61.4 Å². The van der Waals surface area contributed by atoms with Crippen LogP contribution in [0.25, 0.3) is 16.0 Å². The molecular weight excluding hydrogens is 547 g/mol. The highest BCUT2D eigenvalue weighted by Crippen LogP contribution is 2.46. The average Bonchev–Trinajstić information content (AvgIpc) is 3.50. The Morgan fingerprint density at radius 3 is 2.63 bits per heavy atom. The molecular formula is C31H29FN2O6S. The summed E-state index contributed by atoms with van der Waals surface area (Å²) in [6, 6.07) is 14.9. The summed E-state index contributed by atoms with van der Waals surface area (Å²) >= 11 is 1.08. The molecule has 0 spiro atoms. The Kier molecular flexibility index (Phi) is 8.21. The van der Waals surface area contributed by atoms with Crippen molar-refractivity contribution in [2.24, 2.45) is 0 Å². The van der Waals surface area contributed by atoms with Crippen LogP contribution >= 0.6 is 11.3 Å². The van der Waals surface area contributed by atoms with Gasteiger partial charge in [0.1, 0.15) is 17.3 Å². The summed E-state index contributed by atoms with van der Waals surface area (Å²) in [6.07, 6.45) is 1.83. The number of rotatable bonds is 10. The van der Waals surface area contributed by atoms with E-state index in [-0.39, 0.29) is 16.5 Å². The third-order valence-electron chi connectivity index (χ3n) is 6.67. The van der Waals surface area contributed by atoms with Crippen molar-refractivity contribution in [1.82, 2.24) is 4.98 Å². The molecule has 2 heterocycles. The van der Waals surface area contributed by atoms with E-state index in [0.717, 1.165) is 24.2 Å². The molecule has 0 radical (unpaired) electrons. The number of fused-ring (bicyclic) bond motifs is 1. The smallest absolute Gasteiger partial charge is 0.301 e. The number of ketones is 1. The summed E-state index contributed by atoms with van der Waals surface area (Å²) in [4.78, 5) is 33.0. The van der Waals surface area contributed by atoms with Crippen LogP contribution in [0.4, 0.5) is 9.52 Å². The minimum atomic E-state index is -1.05. The van der Waals surface area contributed by atoms with Gasteiger partial charge in [0.15, 0.2) is 16.6 Å². The Labute approximate surface area is 240 Å². The van der Waals surface area contributed by atoms with E-state index in [9.17, 15) is 19.1 Å². The number of halogens is 1. The van der Waals surface area contributed by atoms with Crippen LogP contribution in [0.15, 0.2) is 66.2 Å². The fourth-order valence-corrected chi connectivity index (χ4v) is 5.71. The van der Waals surface area contributed by atoms with Gasteiger partial charge in [-0.15, -0.1) is 0 Å². The molecule has 212 valence electrons. The number of carbonyl (C=O) groups is 2. The van der Waals surface area contributed by atoms with Crippen LogP contribution in [0.1, 0.15) is 43.9 Å². The number of ether oxygens (including phenoxy) is 3. The number of Topliss-reactive ketones (excluding diaryl/α,β-unsaturated/α-hetero) is 1. The monoisotopic (exact) mass is 576 g/mol. The van der Waals surface area contributed by atoms with Crippen molar-refractivity contribution in [1.29, 1.82) is 0 Å². The Morgan fingerprint density at radius 2 is 1.88 bits per heavy atom. The van der Waals surface area contributed by atoms with Crippen LogP contribution in [0.2, 0.25) is 0 Å². The van der Waals surface area contributed by atoms with Gasteiger partial charge < -0.3 is 19.3 Å². The van der Waals surface area contributed by atoms with E-state index >= 15 is 0 Å². The van der Waals surface area contributed by atoms with Gasteiger partial charge >= 0.3 is 5.91 Å². The SMILES string of the molecule is CCCCOc1ccc(C2/C(=C(\O)c3cccc(OCC)c3)C(=O)C(=O)N2c2nc3ccc(F)cc3s2)cc1OC. The standard InChI is InChI=1S/C31H29FN2O6S/c1-4-6-14-40-23-13-10-18(16-24(23)38-3)27-26(28(35)19-8-7-9-21(15-19)39-5-2)29(36)30(37)34(27)31-33-22-12-11-20(32)17-25(22)41-31/h7-13,15-17,27,35H,4-6,14H2,1-3H3/b28-26+. The van der Waals surface area contributed by atoms with Gasteiger partial charge in [-0.2, -0.15) is 0 Å². The number of anilines is 1. The average molecular weight is 577 g/mol. The topological polar surface area (TPSA) is 98.2 Å². The summed E-state index contributed by atoms with van der Waals surface area (Å²) in [5, 5.41) is 11.7. The molecule has 4 aromatic rings. The second-order valence-corrected chi connectivity index (χ2v) is 10.4. The lowest BCUT2D eigenvalue weighted by atomic mass is 9.95. The molecule has 1 amide bonds. The Balaban J connectivity index is 1.68. The van der Waals surface area contributed by atoms with Crippen molar-refractivity contribution in [3.63, 3.8) is 0 Å². The number of hydrogen-bond acceptors (Lipinski definition) is 8. The summed E-state index contributed by atoms with van der Waals surface area (Å²) in [5.41, 5.74) is 1.18. The first-order valence-corrected chi connectivity index (χ1v) is 14.1. The number of hydrogen-bond donors (Lipinski definition) is 1. The fraction of sp³-hybridized carbons (Fsp3) is 0.258. The van der Waals surface area contributed by atoms with Gasteiger partial charge in [-0.3, -0.25) is 14.5 Å². The van der Waals surface area contributed by atoms with Crippen molar-refractivity contribution in [2.45, 2.75) is 32.7 Å². The normalized spacial score (nSPS) is 16.4. The molecule has 0 bridgehead atoms. The highest BCUT2D eigenvalue weighted by atomic mass is 32.1. The number of aliphatic hydroxyl groups excluding tert-OH is 1. The highest BCUT2D eigenvalue weighted by molar-refractivity contribution is 7.22. The summed E-state index contributed by atoms with van der Waals surface area (Å²) < 4.78 is 31.5. The minimum absolute atomic E-state index is 0.115. The largest absolute Gasteiger partial charge is 0.507 e. The maximum Gasteiger partial charge on any atom is 0.301 e. The zero-order valence-corrected chi connectivity index (χ0v) is 23.7. The molecule has 1 atom stereocenters. The molecule has 5 rings (SSSR count). The Bertz CT molecular complexity index is 1650. The fourth-order valence-electron chi connectivity index (χ4n) is 4.69. The zero-order valence-electron chi connectivity index (χ0n) is 22.8. The number of methoxy groups -OCH3 is 1. The maximum atomic E-state index is 13.9. The van der Waals surface area contributed by atoms with Crippen molar-refractivity contribution in [2.75, 3.05) is 25.2 Å². The Hall–Kier alpha value is -4.44.